The van der Waals surface area contributed by atoms with Gasteiger partial charge >= 0.3 is 5.97 Å². The predicted octanol–water partition coefficient (Wildman–Crippen LogP) is 2.68. The van der Waals surface area contributed by atoms with Crippen LogP contribution in [0, 0.1) is 11.8 Å². The van der Waals surface area contributed by atoms with Gasteiger partial charge in [0.15, 0.2) is 0 Å². The van der Waals surface area contributed by atoms with Gasteiger partial charge in [-0.15, -0.1) is 0 Å². The van der Waals surface area contributed by atoms with E-state index in [4.69, 9.17) is 4.74 Å². The van der Waals surface area contributed by atoms with Crippen molar-refractivity contribution in [1.29, 1.82) is 0 Å². The maximum absolute atomic E-state index is 11.7. The number of ether oxygens (including phenoxy) is 1. The van der Waals surface area contributed by atoms with Crippen molar-refractivity contribution in [3.8, 4) is 0 Å². The molecule has 0 aromatic heterocycles. The molecule has 1 saturated carbocycles. The average molecular weight is 194 g/mol. The number of hydrogen-bond acceptors (Lipinski definition) is 2. The van der Waals surface area contributed by atoms with Crippen LogP contribution in [0.2, 0.25) is 0 Å². The van der Waals surface area contributed by atoms with E-state index >= 15 is 0 Å². The zero-order valence-electron chi connectivity index (χ0n) is 8.95. The highest BCUT2D eigenvalue weighted by atomic mass is 16.5. The molecule has 0 heterocycles. The Kier molecular flexibility index (Phi) is 2.62. The summed E-state index contributed by atoms with van der Waals surface area (Å²) in [7, 11) is 0. The third kappa shape index (κ3) is 1.70. The van der Waals surface area contributed by atoms with Gasteiger partial charge in [-0.2, -0.15) is 0 Å². The number of fused-ring (bicyclic) bond motifs is 2. The molecule has 0 aliphatic heterocycles. The first-order valence-corrected chi connectivity index (χ1v) is 5.63. The molecular formula is C12H18O2. The smallest absolute Gasteiger partial charge is 0.334 e. The largest absolute Gasteiger partial charge is 0.459 e. The van der Waals surface area contributed by atoms with Crippen LogP contribution in [0.3, 0.4) is 0 Å². The summed E-state index contributed by atoms with van der Waals surface area (Å²) in [5.74, 6) is 1.11. The highest BCUT2D eigenvalue weighted by Crippen LogP contribution is 2.44. The van der Waals surface area contributed by atoms with Gasteiger partial charge in [0, 0.05) is 5.57 Å². The molecule has 2 rings (SSSR count). The van der Waals surface area contributed by atoms with E-state index in [9.17, 15) is 4.79 Å². The van der Waals surface area contributed by atoms with E-state index in [1.54, 1.807) is 0 Å². The number of allylic oxidation sites excluding steroid dienone is 1. The molecule has 3 unspecified atom stereocenters. The monoisotopic (exact) mass is 194 g/mol. The lowest BCUT2D eigenvalue weighted by Gasteiger charge is -2.15. The van der Waals surface area contributed by atoms with Crippen molar-refractivity contribution in [2.24, 2.45) is 11.8 Å². The van der Waals surface area contributed by atoms with E-state index in [1.807, 2.05) is 13.8 Å². The molecule has 3 atom stereocenters. The summed E-state index contributed by atoms with van der Waals surface area (Å²) in [5, 5.41) is 0. The molecule has 0 N–H and O–H groups in total. The highest BCUT2D eigenvalue weighted by molar-refractivity contribution is 5.90. The molecule has 2 aliphatic rings. The minimum Gasteiger partial charge on any atom is -0.459 e. The van der Waals surface area contributed by atoms with Gasteiger partial charge in [-0.05, 0) is 44.4 Å². The van der Waals surface area contributed by atoms with Crippen molar-refractivity contribution in [3.63, 3.8) is 0 Å². The second-order valence-corrected chi connectivity index (χ2v) is 4.52. The Balaban J connectivity index is 1.96. The lowest BCUT2D eigenvalue weighted by molar-refractivity contribution is -0.144. The molecule has 2 aliphatic carbocycles. The summed E-state index contributed by atoms with van der Waals surface area (Å²) in [6.07, 6.45) is 6.73. The van der Waals surface area contributed by atoms with Crippen molar-refractivity contribution in [2.45, 2.75) is 45.6 Å². The fraction of sp³-hybridized carbons (Fsp3) is 0.750. The van der Waals surface area contributed by atoms with Gasteiger partial charge in [-0.3, -0.25) is 0 Å². The fourth-order valence-electron chi connectivity index (χ4n) is 2.41. The molecule has 14 heavy (non-hydrogen) atoms. The van der Waals surface area contributed by atoms with Gasteiger partial charge in [-0.1, -0.05) is 13.0 Å². The van der Waals surface area contributed by atoms with Crippen LogP contribution < -0.4 is 0 Å². The Morgan fingerprint density at radius 2 is 2.43 bits per heavy atom. The zero-order valence-corrected chi connectivity index (χ0v) is 8.95. The van der Waals surface area contributed by atoms with E-state index in [0.717, 1.165) is 12.0 Å². The van der Waals surface area contributed by atoms with E-state index in [2.05, 4.69) is 6.08 Å². The van der Waals surface area contributed by atoms with Gasteiger partial charge in [0.1, 0.15) is 0 Å². The van der Waals surface area contributed by atoms with Crippen molar-refractivity contribution >= 4 is 5.97 Å². The minimum absolute atomic E-state index is 0.0579. The standard InChI is InChI=1S/C12H18O2/c1-3-8(2)14-12(13)11-7-9-4-5-10(11)6-9/h7-10H,3-6H2,1-2H3. The normalized spacial score (nSPS) is 31.4. The Bertz CT molecular complexity index is 267. The van der Waals surface area contributed by atoms with Gasteiger partial charge in [0.2, 0.25) is 0 Å². The molecule has 0 aromatic rings. The first kappa shape index (κ1) is 9.75. The van der Waals surface area contributed by atoms with Crippen molar-refractivity contribution in [1.82, 2.24) is 0 Å². The molecule has 78 valence electrons. The summed E-state index contributed by atoms with van der Waals surface area (Å²) in [5.41, 5.74) is 0.960. The van der Waals surface area contributed by atoms with Crippen molar-refractivity contribution in [2.75, 3.05) is 0 Å². The summed E-state index contributed by atoms with van der Waals surface area (Å²) >= 11 is 0. The molecule has 0 amide bonds. The maximum atomic E-state index is 11.7. The zero-order chi connectivity index (χ0) is 10.1. The van der Waals surface area contributed by atoms with E-state index < -0.39 is 0 Å². The second-order valence-electron chi connectivity index (χ2n) is 4.52. The SMILES string of the molecule is CCC(C)OC(=O)C1=CC2CCC1C2. The number of esters is 1. The highest BCUT2D eigenvalue weighted by Gasteiger charge is 2.36. The quantitative estimate of drug-likeness (QED) is 0.646. The first-order valence-electron chi connectivity index (χ1n) is 5.63. The average Bonchev–Trinajstić information content (AvgIpc) is 2.78. The van der Waals surface area contributed by atoms with Crippen LogP contribution in [0.25, 0.3) is 0 Å². The lowest BCUT2D eigenvalue weighted by atomic mass is 9.99. The predicted molar refractivity (Wildman–Crippen MR) is 54.8 cm³/mol. The lowest BCUT2D eigenvalue weighted by Crippen LogP contribution is -2.18. The van der Waals surface area contributed by atoms with Crippen LogP contribution in [-0.2, 0) is 9.53 Å². The number of carbonyl (C=O) groups excluding carboxylic acids is 1. The molecule has 0 radical (unpaired) electrons. The first-order chi connectivity index (χ1) is 6.70. The van der Waals surface area contributed by atoms with Crippen molar-refractivity contribution < 1.29 is 9.53 Å². The third-order valence-corrected chi connectivity index (χ3v) is 3.45. The van der Waals surface area contributed by atoms with Crippen LogP contribution >= 0.6 is 0 Å². The van der Waals surface area contributed by atoms with E-state index in [1.165, 1.54) is 19.3 Å². The van der Waals surface area contributed by atoms with Gasteiger partial charge in [0.25, 0.3) is 0 Å². The topological polar surface area (TPSA) is 26.3 Å². The Hall–Kier alpha value is -0.790. The van der Waals surface area contributed by atoms with Crippen LogP contribution in [0.15, 0.2) is 11.6 Å². The molecular weight excluding hydrogens is 176 g/mol. The number of carbonyl (C=O) groups is 1. The molecule has 0 aromatic carbocycles. The summed E-state index contributed by atoms with van der Waals surface area (Å²) in [4.78, 5) is 11.7. The van der Waals surface area contributed by atoms with Crippen LogP contribution in [0.4, 0.5) is 0 Å². The number of hydrogen-bond donors (Lipinski definition) is 0. The molecule has 2 bridgehead atoms. The molecule has 0 saturated heterocycles. The van der Waals surface area contributed by atoms with Crippen LogP contribution in [0.1, 0.15) is 39.5 Å². The Morgan fingerprint density at radius 1 is 1.64 bits per heavy atom. The minimum atomic E-state index is -0.0634. The van der Waals surface area contributed by atoms with Gasteiger partial charge < -0.3 is 4.74 Å². The summed E-state index contributed by atoms with van der Waals surface area (Å²) in [6, 6.07) is 0. The van der Waals surface area contributed by atoms with E-state index in [0.29, 0.717) is 11.8 Å². The molecule has 2 nitrogen and oxygen atoms in total. The Morgan fingerprint density at radius 3 is 2.93 bits per heavy atom. The summed E-state index contributed by atoms with van der Waals surface area (Å²) < 4.78 is 5.33. The van der Waals surface area contributed by atoms with Crippen LogP contribution in [-0.4, -0.2) is 12.1 Å². The number of rotatable bonds is 3. The molecule has 2 heteroatoms. The molecule has 1 fully saturated rings. The van der Waals surface area contributed by atoms with Crippen LogP contribution in [0.5, 0.6) is 0 Å². The van der Waals surface area contributed by atoms with Gasteiger partial charge in [-0.25, -0.2) is 4.79 Å². The maximum Gasteiger partial charge on any atom is 0.334 e. The summed E-state index contributed by atoms with van der Waals surface area (Å²) in [6.45, 7) is 3.98. The Labute approximate surface area is 85.3 Å². The van der Waals surface area contributed by atoms with E-state index in [-0.39, 0.29) is 12.1 Å². The fourth-order valence-corrected chi connectivity index (χ4v) is 2.41. The molecule has 0 spiro atoms. The third-order valence-electron chi connectivity index (χ3n) is 3.45. The van der Waals surface area contributed by atoms with Gasteiger partial charge in [0.05, 0.1) is 6.10 Å². The van der Waals surface area contributed by atoms with Crippen molar-refractivity contribution in [3.05, 3.63) is 11.6 Å². The second kappa shape index (κ2) is 3.76.